The monoisotopic (exact) mass is 462 g/mol. The zero-order chi connectivity index (χ0) is 23.9. The van der Waals surface area contributed by atoms with Crippen molar-refractivity contribution in [2.24, 2.45) is 10.9 Å². The van der Waals surface area contributed by atoms with E-state index < -0.39 is 0 Å². The van der Waals surface area contributed by atoms with Crippen LogP contribution in [0.5, 0.6) is 0 Å². The van der Waals surface area contributed by atoms with Gasteiger partial charge in [-0.1, -0.05) is 31.2 Å². The van der Waals surface area contributed by atoms with Crippen LogP contribution in [0.4, 0.5) is 10.1 Å². The Bertz CT molecular complexity index is 1590. The van der Waals surface area contributed by atoms with Crippen molar-refractivity contribution in [2.45, 2.75) is 13.3 Å². The number of nitrogen functional groups attached to an aromatic ring is 1. The number of aromatic nitrogens is 4. The molecule has 1 atom stereocenters. The number of hydrogen-bond acceptors (Lipinski definition) is 5. The Kier molecular flexibility index (Phi) is 5.10. The van der Waals surface area contributed by atoms with Crippen molar-refractivity contribution in [2.75, 3.05) is 12.3 Å². The average molecular weight is 463 g/mol. The van der Waals surface area contributed by atoms with Gasteiger partial charge in [-0.15, -0.1) is 0 Å². The third kappa shape index (κ3) is 3.95. The fourth-order valence-corrected chi connectivity index (χ4v) is 4.60. The minimum atomic E-state index is -0.262. The lowest BCUT2D eigenvalue weighted by Gasteiger charge is -2.11. The molecule has 6 nitrogen and oxygen atoms in total. The molecule has 7 heteroatoms. The molecule has 1 aliphatic rings. The molecule has 3 aromatic heterocycles. The number of para-hydroxylation sites is 1. The second-order valence-corrected chi connectivity index (χ2v) is 9.03. The minimum Gasteiger partial charge on any atom is -0.397 e. The Morgan fingerprint density at radius 3 is 2.66 bits per heavy atom. The van der Waals surface area contributed by atoms with E-state index in [4.69, 9.17) is 20.7 Å². The maximum atomic E-state index is 13.5. The molecule has 1 aliphatic heterocycles. The third-order valence-corrected chi connectivity index (χ3v) is 6.32. The minimum absolute atomic E-state index is 0.262. The molecule has 0 radical (unpaired) electrons. The van der Waals surface area contributed by atoms with Crippen LogP contribution in [-0.2, 0) is 6.42 Å². The van der Waals surface area contributed by atoms with Gasteiger partial charge in [-0.05, 0) is 53.8 Å². The maximum Gasteiger partial charge on any atom is 0.157 e. The Hall–Kier alpha value is -4.39. The van der Waals surface area contributed by atoms with Crippen LogP contribution in [0.15, 0.2) is 78.2 Å². The van der Waals surface area contributed by atoms with Crippen molar-refractivity contribution in [1.82, 2.24) is 19.9 Å². The Morgan fingerprint density at radius 2 is 1.83 bits per heavy atom. The van der Waals surface area contributed by atoms with Crippen molar-refractivity contribution >= 4 is 22.4 Å². The molecule has 0 spiro atoms. The number of nitrogens with two attached hydrogens (primary N) is 1. The molecule has 0 saturated heterocycles. The lowest BCUT2D eigenvalue weighted by molar-refractivity contribution is 0.598. The van der Waals surface area contributed by atoms with Crippen LogP contribution < -0.4 is 5.73 Å². The highest BCUT2D eigenvalue weighted by atomic mass is 19.1. The van der Waals surface area contributed by atoms with E-state index in [0.717, 1.165) is 56.7 Å². The summed E-state index contributed by atoms with van der Waals surface area (Å²) < 4.78 is 13.5. The standard InChI is InChI=1S/C28H23FN6/c1-16-9-18-14-32-25(19-10-21(30)15-31-13-19)11-23(18)27(33-12-16)28-34-24-4-2-3-22(26(24)35-28)17-5-7-20(29)8-6-17/h2-8,10-11,13-16H,9,12,30H2,1H3,(H,34,35). The van der Waals surface area contributed by atoms with E-state index in [1.54, 1.807) is 24.5 Å². The quantitative estimate of drug-likeness (QED) is 0.373. The molecule has 0 bridgehead atoms. The summed E-state index contributed by atoms with van der Waals surface area (Å²) in [5.41, 5.74) is 14.7. The molecule has 2 aromatic carbocycles. The van der Waals surface area contributed by atoms with Gasteiger partial charge in [-0.2, -0.15) is 0 Å². The van der Waals surface area contributed by atoms with Crippen LogP contribution in [0.1, 0.15) is 23.9 Å². The van der Waals surface area contributed by atoms with Gasteiger partial charge >= 0.3 is 0 Å². The molecule has 5 aromatic rings. The summed E-state index contributed by atoms with van der Waals surface area (Å²) in [6.07, 6.45) is 6.19. The van der Waals surface area contributed by atoms with E-state index in [0.29, 0.717) is 24.0 Å². The van der Waals surface area contributed by atoms with Gasteiger partial charge in [0.1, 0.15) is 11.5 Å². The molecule has 4 heterocycles. The van der Waals surface area contributed by atoms with Gasteiger partial charge in [0.05, 0.1) is 22.4 Å². The highest BCUT2D eigenvalue weighted by Gasteiger charge is 2.22. The molecule has 1 unspecified atom stereocenters. The number of hydrogen-bond donors (Lipinski definition) is 2. The lowest BCUT2D eigenvalue weighted by Crippen LogP contribution is -2.09. The predicted octanol–water partition coefficient (Wildman–Crippen LogP) is 5.44. The van der Waals surface area contributed by atoms with Crippen molar-refractivity contribution in [1.29, 1.82) is 0 Å². The zero-order valence-corrected chi connectivity index (χ0v) is 19.2. The van der Waals surface area contributed by atoms with Crippen molar-refractivity contribution < 1.29 is 4.39 Å². The zero-order valence-electron chi connectivity index (χ0n) is 19.2. The van der Waals surface area contributed by atoms with Crippen LogP contribution in [0.25, 0.3) is 33.4 Å². The molecule has 0 aliphatic carbocycles. The van der Waals surface area contributed by atoms with Gasteiger partial charge in [0.15, 0.2) is 5.82 Å². The summed E-state index contributed by atoms with van der Waals surface area (Å²) in [5, 5.41) is 0. The Balaban J connectivity index is 1.50. The van der Waals surface area contributed by atoms with E-state index in [1.165, 1.54) is 12.1 Å². The fraction of sp³-hybridized carbons (Fsp3) is 0.143. The van der Waals surface area contributed by atoms with Crippen molar-refractivity contribution in [3.8, 4) is 22.4 Å². The van der Waals surface area contributed by atoms with E-state index in [2.05, 4.69) is 23.0 Å². The van der Waals surface area contributed by atoms with Gasteiger partial charge in [0.2, 0.25) is 0 Å². The number of anilines is 1. The summed E-state index contributed by atoms with van der Waals surface area (Å²) in [4.78, 5) is 22.4. The smallest absolute Gasteiger partial charge is 0.157 e. The van der Waals surface area contributed by atoms with Crippen LogP contribution >= 0.6 is 0 Å². The number of H-pyrrole nitrogens is 1. The van der Waals surface area contributed by atoms with E-state index in [1.807, 2.05) is 30.5 Å². The maximum absolute atomic E-state index is 13.5. The Labute approximate surface area is 201 Å². The first-order valence-electron chi connectivity index (χ1n) is 11.5. The highest BCUT2D eigenvalue weighted by Crippen LogP contribution is 2.30. The second kappa shape index (κ2) is 8.43. The summed E-state index contributed by atoms with van der Waals surface area (Å²) in [6, 6.07) is 16.4. The number of nitrogens with one attached hydrogen (secondary N) is 1. The number of pyridine rings is 2. The van der Waals surface area contributed by atoms with Crippen LogP contribution in [0, 0.1) is 11.7 Å². The van der Waals surface area contributed by atoms with E-state index in [9.17, 15) is 4.39 Å². The number of fused-ring (bicyclic) bond motifs is 2. The second-order valence-electron chi connectivity index (χ2n) is 9.03. The van der Waals surface area contributed by atoms with Crippen molar-refractivity contribution in [3.05, 3.63) is 96.0 Å². The molecule has 0 saturated carbocycles. The first kappa shape index (κ1) is 21.2. The number of aliphatic imine (C=N–C) groups is 1. The van der Waals surface area contributed by atoms with Gasteiger partial charge in [0, 0.05) is 41.8 Å². The van der Waals surface area contributed by atoms with Crippen LogP contribution in [-0.4, -0.2) is 32.2 Å². The van der Waals surface area contributed by atoms with E-state index >= 15 is 0 Å². The van der Waals surface area contributed by atoms with Gasteiger partial charge < -0.3 is 10.7 Å². The molecular formula is C28H23FN6. The van der Waals surface area contributed by atoms with E-state index in [-0.39, 0.29) is 5.82 Å². The SMILES string of the molecule is CC1CN=C(c2nc3c(-c4ccc(F)cc4)cccc3[nH]2)c2cc(-c3cncc(N)c3)ncc2C1. The predicted molar refractivity (Wildman–Crippen MR) is 137 cm³/mol. The third-order valence-electron chi connectivity index (χ3n) is 6.32. The fourth-order valence-electron chi connectivity index (χ4n) is 4.60. The van der Waals surface area contributed by atoms with Crippen LogP contribution in [0.2, 0.25) is 0 Å². The summed E-state index contributed by atoms with van der Waals surface area (Å²) in [5.74, 6) is 0.821. The molecule has 35 heavy (non-hydrogen) atoms. The normalized spacial score (nSPS) is 15.5. The summed E-state index contributed by atoms with van der Waals surface area (Å²) in [6.45, 7) is 2.89. The number of halogens is 1. The topological polar surface area (TPSA) is 92.8 Å². The Morgan fingerprint density at radius 1 is 0.971 bits per heavy atom. The molecule has 3 N–H and O–H groups in total. The molecule has 172 valence electrons. The largest absolute Gasteiger partial charge is 0.397 e. The first-order chi connectivity index (χ1) is 17.0. The average Bonchev–Trinajstić information content (AvgIpc) is 3.22. The number of benzene rings is 2. The number of aromatic amines is 1. The summed E-state index contributed by atoms with van der Waals surface area (Å²) >= 11 is 0. The van der Waals surface area contributed by atoms with Gasteiger partial charge in [-0.3, -0.25) is 15.0 Å². The first-order valence-corrected chi connectivity index (χ1v) is 11.5. The van der Waals surface area contributed by atoms with Gasteiger partial charge in [-0.25, -0.2) is 9.37 Å². The van der Waals surface area contributed by atoms with Crippen molar-refractivity contribution in [3.63, 3.8) is 0 Å². The summed E-state index contributed by atoms with van der Waals surface area (Å²) in [7, 11) is 0. The highest BCUT2D eigenvalue weighted by molar-refractivity contribution is 6.13. The number of imidazole rings is 1. The van der Waals surface area contributed by atoms with Gasteiger partial charge in [0.25, 0.3) is 0 Å². The number of rotatable bonds is 3. The number of nitrogens with zero attached hydrogens (tertiary/aromatic N) is 4. The molecule has 6 rings (SSSR count). The molecule has 0 amide bonds. The molecule has 0 fully saturated rings. The molecular weight excluding hydrogens is 439 g/mol. The van der Waals surface area contributed by atoms with Crippen LogP contribution in [0.3, 0.4) is 0 Å². The lowest BCUT2D eigenvalue weighted by atomic mass is 9.96.